The summed E-state index contributed by atoms with van der Waals surface area (Å²) in [5, 5.41) is 3.11. The van der Waals surface area contributed by atoms with Crippen LogP contribution in [0.3, 0.4) is 0 Å². The molecule has 0 aromatic heterocycles. The number of hydrogen-bond donors (Lipinski definition) is 1. The van der Waals surface area contributed by atoms with Gasteiger partial charge in [-0.05, 0) is 30.5 Å². The third-order valence-corrected chi connectivity index (χ3v) is 3.11. The third kappa shape index (κ3) is 2.68. The molecule has 2 atom stereocenters. The van der Waals surface area contributed by atoms with Crippen LogP contribution in [0, 0.1) is 6.92 Å². The number of rotatable bonds is 3. The monoisotopic (exact) mass is 253 g/mol. The zero-order chi connectivity index (χ0) is 13.1. The highest BCUT2D eigenvalue weighted by atomic mass is 19.1. The largest absolute Gasteiger partial charge is 0.373 e. The van der Waals surface area contributed by atoms with Gasteiger partial charge in [0.1, 0.15) is 6.17 Å². The van der Waals surface area contributed by atoms with Crippen molar-refractivity contribution in [2.45, 2.75) is 25.6 Å². The van der Waals surface area contributed by atoms with Crippen LogP contribution in [0.4, 0.5) is 4.39 Å². The molecule has 1 aliphatic heterocycles. The first-order valence-corrected chi connectivity index (χ1v) is 5.85. The van der Waals surface area contributed by atoms with Gasteiger partial charge in [-0.25, -0.2) is 9.18 Å². The van der Waals surface area contributed by atoms with Crippen LogP contribution in [0.1, 0.15) is 33.9 Å². The molecule has 0 saturated carbocycles. The average Bonchev–Trinajstić information content (AvgIpc) is 2.76. The summed E-state index contributed by atoms with van der Waals surface area (Å²) in [4.78, 5) is 20.3. The standard InChI is InChI=1S/C13H16FNO3/c1-8-5-9(12-6-10(14)7-15-12)3-4-11(8)13(16)18-17-2/h3-5,10,12,15H,6-7H2,1-2H3. The average molecular weight is 253 g/mol. The molecule has 1 heterocycles. The summed E-state index contributed by atoms with van der Waals surface area (Å²) in [5.74, 6) is -0.524. The van der Waals surface area contributed by atoms with Crippen molar-refractivity contribution in [2.24, 2.45) is 0 Å². The number of halogens is 1. The van der Waals surface area contributed by atoms with Crippen LogP contribution in [-0.4, -0.2) is 25.8 Å². The van der Waals surface area contributed by atoms with Crippen molar-refractivity contribution in [3.05, 3.63) is 34.9 Å². The van der Waals surface area contributed by atoms with Gasteiger partial charge in [-0.1, -0.05) is 12.1 Å². The van der Waals surface area contributed by atoms with Crippen molar-refractivity contribution in [3.8, 4) is 0 Å². The van der Waals surface area contributed by atoms with Crippen LogP contribution >= 0.6 is 0 Å². The van der Waals surface area contributed by atoms with Crippen LogP contribution in [0.25, 0.3) is 0 Å². The number of benzene rings is 1. The van der Waals surface area contributed by atoms with E-state index in [4.69, 9.17) is 0 Å². The molecule has 18 heavy (non-hydrogen) atoms. The van der Waals surface area contributed by atoms with Crippen LogP contribution in [0.15, 0.2) is 18.2 Å². The molecule has 5 heteroatoms. The number of aryl methyl sites for hydroxylation is 1. The molecule has 1 fully saturated rings. The molecule has 1 aromatic carbocycles. The highest BCUT2D eigenvalue weighted by molar-refractivity contribution is 5.90. The Morgan fingerprint density at radius 1 is 1.50 bits per heavy atom. The second-order valence-electron chi connectivity index (χ2n) is 4.41. The summed E-state index contributed by atoms with van der Waals surface area (Å²) in [6.45, 7) is 2.20. The summed E-state index contributed by atoms with van der Waals surface area (Å²) < 4.78 is 13.1. The third-order valence-electron chi connectivity index (χ3n) is 3.11. The summed E-state index contributed by atoms with van der Waals surface area (Å²) in [6.07, 6.45) is -0.324. The Kier molecular flexibility index (Phi) is 3.93. The molecule has 2 unspecified atom stereocenters. The molecular weight excluding hydrogens is 237 g/mol. The molecule has 98 valence electrons. The summed E-state index contributed by atoms with van der Waals surface area (Å²) in [6, 6.07) is 5.39. The molecule has 4 nitrogen and oxygen atoms in total. The molecule has 0 spiro atoms. The maximum absolute atomic E-state index is 13.1. The van der Waals surface area contributed by atoms with E-state index < -0.39 is 12.1 Å². The molecule has 0 bridgehead atoms. The molecule has 0 amide bonds. The number of alkyl halides is 1. The molecule has 1 saturated heterocycles. The van der Waals surface area contributed by atoms with E-state index in [9.17, 15) is 9.18 Å². The Labute approximate surface area is 105 Å². The van der Waals surface area contributed by atoms with Gasteiger partial charge in [0.05, 0.1) is 12.7 Å². The lowest BCUT2D eigenvalue weighted by molar-refractivity contribution is -0.216. The quantitative estimate of drug-likeness (QED) is 0.662. The first-order chi connectivity index (χ1) is 8.61. The molecular formula is C13H16FNO3. The lowest BCUT2D eigenvalue weighted by Gasteiger charge is -2.12. The number of carbonyl (C=O) groups is 1. The SMILES string of the molecule is COOC(=O)c1ccc(C2CC(F)CN2)cc1C. The van der Waals surface area contributed by atoms with E-state index in [2.05, 4.69) is 15.1 Å². The van der Waals surface area contributed by atoms with Crippen molar-refractivity contribution in [3.63, 3.8) is 0 Å². The van der Waals surface area contributed by atoms with Gasteiger partial charge in [-0.3, -0.25) is 4.89 Å². The highest BCUT2D eigenvalue weighted by Crippen LogP contribution is 2.26. The summed E-state index contributed by atoms with van der Waals surface area (Å²) in [5.41, 5.74) is 2.23. The molecule has 1 aliphatic rings. The minimum Gasteiger partial charge on any atom is -0.307 e. The fourth-order valence-electron chi connectivity index (χ4n) is 2.20. The predicted molar refractivity (Wildman–Crippen MR) is 63.9 cm³/mol. The van der Waals surface area contributed by atoms with Crippen molar-refractivity contribution >= 4 is 5.97 Å². The maximum Gasteiger partial charge on any atom is 0.373 e. The van der Waals surface area contributed by atoms with E-state index in [1.165, 1.54) is 7.11 Å². The molecule has 2 rings (SSSR count). The van der Waals surface area contributed by atoms with E-state index in [1.807, 2.05) is 19.1 Å². The molecule has 0 radical (unpaired) electrons. The number of nitrogens with one attached hydrogen (secondary N) is 1. The molecule has 1 N–H and O–H groups in total. The lowest BCUT2D eigenvalue weighted by atomic mass is 9.99. The van der Waals surface area contributed by atoms with E-state index in [0.29, 0.717) is 18.5 Å². The second-order valence-corrected chi connectivity index (χ2v) is 4.41. The first kappa shape index (κ1) is 13.0. The van der Waals surface area contributed by atoms with E-state index in [-0.39, 0.29) is 6.04 Å². The maximum atomic E-state index is 13.1. The van der Waals surface area contributed by atoms with Crippen LogP contribution in [-0.2, 0) is 9.78 Å². The smallest absolute Gasteiger partial charge is 0.307 e. The van der Waals surface area contributed by atoms with E-state index in [1.54, 1.807) is 6.07 Å². The van der Waals surface area contributed by atoms with Crippen molar-refractivity contribution < 1.29 is 19.0 Å². The molecule has 0 aliphatic carbocycles. The van der Waals surface area contributed by atoms with Crippen LogP contribution < -0.4 is 5.32 Å². The van der Waals surface area contributed by atoms with Gasteiger partial charge in [0.2, 0.25) is 0 Å². The Bertz CT molecular complexity index is 450. The Morgan fingerprint density at radius 3 is 2.83 bits per heavy atom. The van der Waals surface area contributed by atoms with Gasteiger partial charge in [0.15, 0.2) is 0 Å². The van der Waals surface area contributed by atoms with Crippen LogP contribution in [0.2, 0.25) is 0 Å². The van der Waals surface area contributed by atoms with Gasteiger partial charge >= 0.3 is 5.97 Å². The van der Waals surface area contributed by atoms with Crippen LogP contribution in [0.5, 0.6) is 0 Å². The Hall–Kier alpha value is -1.46. The normalized spacial score (nSPS) is 23.1. The fourth-order valence-corrected chi connectivity index (χ4v) is 2.20. The minimum atomic E-state index is -0.798. The fraction of sp³-hybridized carbons (Fsp3) is 0.462. The van der Waals surface area contributed by atoms with Crippen molar-refractivity contribution in [1.29, 1.82) is 0 Å². The zero-order valence-electron chi connectivity index (χ0n) is 10.4. The Balaban J connectivity index is 2.17. The predicted octanol–water partition coefficient (Wildman–Crippen LogP) is 2.09. The lowest BCUT2D eigenvalue weighted by Crippen LogP contribution is -2.14. The molecule has 1 aromatic rings. The highest BCUT2D eigenvalue weighted by Gasteiger charge is 2.25. The van der Waals surface area contributed by atoms with Gasteiger partial charge < -0.3 is 5.32 Å². The zero-order valence-corrected chi connectivity index (χ0v) is 10.4. The van der Waals surface area contributed by atoms with Crippen molar-refractivity contribution in [2.75, 3.05) is 13.7 Å². The van der Waals surface area contributed by atoms with Gasteiger partial charge in [0, 0.05) is 12.6 Å². The van der Waals surface area contributed by atoms with Crippen molar-refractivity contribution in [1.82, 2.24) is 5.32 Å². The Morgan fingerprint density at radius 2 is 2.28 bits per heavy atom. The summed E-state index contributed by atoms with van der Waals surface area (Å²) in [7, 11) is 1.28. The van der Waals surface area contributed by atoms with Gasteiger partial charge in [0.25, 0.3) is 0 Å². The first-order valence-electron chi connectivity index (χ1n) is 5.85. The summed E-state index contributed by atoms with van der Waals surface area (Å²) >= 11 is 0. The second kappa shape index (κ2) is 5.46. The van der Waals surface area contributed by atoms with E-state index >= 15 is 0 Å². The van der Waals surface area contributed by atoms with E-state index in [0.717, 1.165) is 11.1 Å². The topological polar surface area (TPSA) is 47.6 Å². The van der Waals surface area contributed by atoms with Gasteiger partial charge in [-0.2, -0.15) is 4.89 Å². The minimum absolute atomic E-state index is 0.0196. The number of carbonyl (C=O) groups excluding carboxylic acids is 1. The van der Waals surface area contributed by atoms with Gasteiger partial charge in [-0.15, -0.1) is 0 Å². The number of hydrogen-bond acceptors (Lipinski definition) is 4.